The molecule has 4 aromatic carbocycles. The van der Waals surface area contributed by atoms with Crippen LogP contribution in [0.2, 0.25) is 0 Å². The maximum atomic E-state index is 5.99. The molecular formula is C27H20O. The van der Waals surface area contributed by atoms with Crippen LogP contribution in [0, 0.1) is 0 Å². The Morgan fingerprint density at radius 2 is 1.25 bits per heavy atom. The lowest BCUT2D eigenvalue weighted by atomic mass is 9.81. The number of fused-ring (bicyclic) bond motifs is 6. The van der Waals surface area contributed by atoms with Crippen LogP contribution in [-0.2, 0) is 5.41 Å². The Morgan fingerprint density at radius 3 is 2.18 bits per heavy atom. The molecule has 0 saturated heterocycles. The van der Waals surface area contributed by atoms with Gasteiger partial charge in [-0.1, -0.05) is 74.5 Å². The molecule has 1 heteroatoms. The fourth-order valence-corrected chi connectivity index (χ4v) is 4.79. The molecule has 0 unspecified atom stereocenters. The third-order valence-electron chi connectivity index (χ3n) is 6.29. The number of benzene rings is 4. The molecule has 1 heterocycles. The molecule has 0 fully saturated rings. The number of furan rings is 1. The van der Waals surface area contributed by atoms with Crippen LogP contribution in [-0.4, -0.2) is 0 Å². The molecule has 0 spiro atoms. The van der Waals surface area contributed by atoms with Crippen LogP contribution in [0.15, 0.2) is 89.3 Å². The maximum Gasteiger partial charge on any atom is 0.135 e. The van der Waals surface area contributed by atoms with Crippen molar-refractivity contribution in [2.75, 3.05) is 0 Å². The third kappa shape index (κ3) is 2.02. The summed E-state index contributed by atoms with van der Waals surface area (Å²) in [4.78, 5) is 0. The number of hydrogen-bond donors (Lipinski definition) is 0. The van der Waals surface area contributed by atoms with E-state index in [1.165, 1.54) is 44.2 Å². The summed E-state index contributed by atoms with van der Waals surface area (Å²) in [5, 5.41) is 2.35. The van der Waals surface area contributed by atoms with Gasteiger partial charge in [0.05, 0.1) is 0 Å². The molecule has 134 valence electrons. The minimum Gasteiger partial charge on any atom is -0.456 e. The lowest BCUT2D eigenvalue weighted by molar-refractivity contribution is 0.660. The van der Waals surface area contributed by atoms with E-state index in [0.29, 0.717) is 0 Å². The van der Waals surface area contributed by atoms with E-state index in [1.807, 2.05) is 12.1 Å². The van der Waals surface area contributed by atoms with E-state index in [2.05, 4.69) is 86.6 Å². The quantitative estimate of drug-likeness (QED) is 0.300. The Hall–Kier alpha value is -3.32. The number of hydrogen-bond acceptors (Lipinski definition) is 1. The van der Waals surface area contributed by atoms with Gasteiger partial charge in [-0.25, -0.2) is 0 Å². The van der Waals surface area contributed by atoms with Gasteiger partial charge >= 0.3 is 0 Å². The second-order valence-electron chi connectivity index (χ2n) is 8.24. The summed E-state index contributed by atoms with van der Waals surface area (Å²) in [5.41, 5.74) is 9.94. The summed E-state index contributed by atoms with van der Waals surface area (Å²) in [5.74, 6) is 0. The molecule has 1 nitrogen and oxygen atoms in total. The highest BCUT2D eigenvalue weighted by Crippen LogP contribution is 2.49. The first-order valence-corrected chi connectivity index (χ1v) is 9.79. The minimum absolute atomic E-state index is 0.0222. The lowest BCUT2D eigenvalue weighted by Gasteiger charge is -2.22. The molecule has 1 aromatic heterocycles. The molecule has 0 saturated carbocycles. The molecule has 0 atom stereocenters. The molecule has 6 rings (SSSR count). The van der Waals surface area contributed by atoms with Gasteiger partial charge in [0.2, 0.25) is 0 Å². The monoisotopic (exact) mass is 360 g/mol. The van der Waals surface area contributed by atoms with Crippen LogP contribution in [0.5, 0.6) is 0 Å². The average molecular weight is 360 g/mol. The zero-order valence-electron chi connectivity index (χ0n) is 16.0. The summed E-state index contributed by atoms with van der Waals surface area (Å²) in [6, 6.07) is 30.5. The molecule has 1 aliphatic rings. The first-order chi connectivity index (χ1) is 13.6. The predicted molar refractivity (Wildman–Crippen MR) is 117 cm³/mol. The summed E-state index contributed by atoms with van der Waals surface area (Å²) >= 11 is 0. The number of rotatable bonds is 1. The van der Waals surface area contributed by atoms with E-state index in [4.69, 9.17) is 4.42 Å². The van der Waals surface area contributed by atoms with E-state index in [9.17, 15) is 0 Å². The molecule has 0 radical (unpaired) electrons. The van der Waals surface area contributed by atoms with Crippen molar-refractivity contribution in [3.63, 3.8) is 0 Å². The molecule has 0 amide bonds. The van der Waals surface area contributed by atoms with Crippen molar-refractivity contribution >= 4 is 21.9 Å². The smallest absolute Gasteiger partial charge is 0.135 e. The van der Waals surface area contributed by atoms with E-state index in [-0.39, 0.29) is 5.41 Å². The van der Waals surface area contributed by atoms with Crippen molar-refractivity contribution in [2.24, 2.45) is 0 Å². The van der Waals surface area contributed by atoms with Gasteiger partial charge < -0.3 is 4.42 Å². The van der Waals surface area contributed by atoms with Gasteiger partial charge in [0, 0.05) is 16.2 Å². The van der Waals surface area contributed by atoms with Crippen LogP contribution in [0.1, 0.15) is 25.0 Å². The largest absolute Gasteiger partial charge is 0.456 e. The Morgan fingerprint density at radius 1 is 0.571 bits per heavy atom. The third-order valence-corrected chi connectivity index (χ3v) is 6.29. The van der Waals surface area contributed by atoms with E-state index in [1.54, 1.807) is 0 Å². The fraction of sp³-hybridized carbons (Fsp3) is 0.111. The lowest BCUT2D eigenvalue weighted by Crippen LogP contribution is -2.14. The van der Waals surface area contributed by atoms with Crippen LogP contribution in [0.3, 0.4) is 0 Å². The highest BCUT2D eigenvalue weighted by atomic mass is 16.3. The molecule has 0 aliphatic heterocycles. The van der Waals surface area contributed by atoms with E-state index in [0.717, 1.165) is 11.2 Å². The van der Waals surface area contributed by atoms with Crippen molar-refractivity contribution in [1.82, 2.24) is 0 Å². The van der Waals surface area contributed by atoms with Crippen molar-refractivity contribution in [1.29, 1.82) is 0 Å². The van der Waals surface area contributed by atoms with Crippen molar-refractivity contribution in [3.05, 3.63) is 96.1 Å². The summed E-state index contributed by atoms with van der Waals surface area (Å²) < 4.78 is 5.99. The highest BCUT2D eigenvalue weighted by Gasteiger charge is 2.35. The SMILES string of the molecule is CC1(C)c2ccccc2-c2ccc(-c3ccc4oc5ccccc5c4c3)cc21. The molecule has 0 bridgehead atoms. The molecule has 1 aliphatic carbocycles. The number of para-hydroxylation sites is 1. The molecule has 5 aromatic rings. The normalized spacial score (nSPS) is 14.4. The highest BCUT2D eigenvalue weighted by molar-refractivity contribution is 6.06. The Kier molecular flexibility index (Phi) is 3.01. The standard InChI is InChI=1S/C27H20O/c1-27(2)23-9-5-3-7-19(23)20-13-11-18(16-24(20)27)17-12-14-26-22(15-17)21-8-4-6-10-25(21)28-26/h3-16H,1-2H3. The zero-order chi connectivity index (χ0) is 18.9. The average Bonchev–Trinajstić information content (AvgIpc) is 3.21. The van der Waals surface area contributed by atoms with Crippen LogP contribution < -0.4 is 0 Å². The van der Waals surface area contributed by atoms with Crippen LogP contribution >= 0.6 is 0 Å². The zero-order valence-corrected chi connectivity index (χ0v) is 16.0. The summed E-state index contributed by atoms with van der Waals surface area (Å²) in [6.45, 7) is 4.66. The van der Waals surface area contributed by atoms with E-state index >= 15 is 0 Å². The summed E-state index contributed by atoms with van der Waals surface area (Å²) in [7, 11) is 0. The molecule has 28 heavy (non-hydrogen) atoms. The maximum absolute atomic E-state index is 5.99. The van der Waals surface area contributed by atoms with Crippen LogP contribution in [0.25, 0.3) is 44.2 Å². The van der Waals surface area contributed by atoms with Gasteiger partial charge in [0.25, 0.3) is 0 Å². The topological polar surface area (TPSA) is 13.1 Å². The minimum atomic E-state index is 0.0222. The van der Waals surface area contributed by atoms with Gasteiger partial charge in [-0.3, -0.25) is 0 Å². The Bertz CT molecular complexity index is 1380. The molecular weight excluding hydrogens is 340 g/mol. The van der Waals surface area contributed by atoms with Gasteiger partial charge in [0.15, 0.2) is 0 Å². The van der Waals surface area contributed by atoms with Gasteiger partial charge in [-0.15, -0.1) is 0 Å². The predicted octanol–water partition coefficient (Wildman–Crippen LogP) is 7.56. The fourth-order valence-electron chi connectivity index (χ4n) is 4.79. The first-order valence-electron chi connectivity index (χ1n) is 9.79. The first kappa shape index (κ1) is 15.7. The molecule has 0 N–H and O–H groups in total. The Balaban J connectivity index is 1.55. The Labute approximate surface area is 164 Å². The van der Waals surface area contributed by atoms with Crippen LogP contribution in [0.4, 0.5) is 0 Å². The van der Waals surface area contributed by atoms with Crippen molar-refractivity contribution in [3.8, 4) is 22.3 Å². The second-order valence-corrected chi connectivity index (χ2v) is 8.24. The van der Waals surface area contributed by atoms with Gasteiger partial charge in [-0.2, -0.15) is 0 Å². The second kappa shape index (κ2) is 5.36. The van der Waals surface area contributed by atoms with Gasteiger partial charge in [-0.05, 0) is 57.6 Å². The van der Waals surface area contributed by atoms with Crippen molar-refractivity contribution < 1.29 is 4.42 Å². The summed E-state index contributed by atoms with van der Waals surface area (Å²) in [6.07, 6.45) is 0. The van der Waals surface area contributed by atoms with E-state index < -0.39 is 0 Å². The van der Waals surface area contributed by atoms with Crippen molar-refractivity contribution in [2.45, 2.75) is 19.3 Å². The van der Waals surface area contributed by atoms with Gasteiger partial charge in [0.1, 0.15) is 11.2 Å².